The fourth-order valence-corrected chi connectivity index (χ4v) is 7.38. The third kappa shape index (κ3) is 2.18. The van der Waals surface area contributed by atoms with Gasteiger partial charge in [-0.05, 0) is 44.6 Å². The number of aliphatic hydroxyl groups is 3. The minimum absolute atomic E-state index is 0.0539. The monoisotopic (exact) mass is 448 g/mol. The number of allylic oxidation sites excluding steroid dienone is 1. The lowest BCUT2D eigenvalue weighted by Gasteiger charge is -2.63. The largest absolute Gasteiger partial charge is 0.459 e. The summed E-state index contributed by atoms with van der Waals surface area (Å²) in [6.45, 7) is 6.53. The molecular weight excluding hydrogens is 416 g/mol. The van der Waals surface area contributed by atoms with Crippen molar-refractivity contribution in [2.45, 2.75) is 82.9 Å². The molecule has 0 radical (unpaired) electrons. The summed E-state index contributed by atoms with van der Waals surface area (Å²) in [6.07, 6.45) is 0.929. The van der Waals surface area contributed by atoms with Crippen LogP contribution in [0.15, 0.2) is 22.8 Å². The van der Waals surface area contributed by atoms with Crippen molar-refractivity contribution in [1.29, 1.82) is 0 Å². The first-order valence-corrected chi connectivity index (χ1v) is 11.5. The Balaban J connectivity index is 1.77. The van der Waals surface area contributed by atoms with E-state index in [0.29, 0.717) is 18.4 Å². The summed E-state index contributed by atoms with van der Waals surface area (Å²) in [6, 6.07) is 0. The van der Waals surface area contributed by atoms with E-state index in [1.165, 1.54) is 6.08 Å². The van der Waals surface area contributed by atoms with Gasteiger partial charge < -0.3 is 29.5 Å². The number of ether oxygens (including phenoxy) is 3. The van der Waals surface area contributed by atoms with Gasteiger partial charge in [-0.2, -0.15) is 0 Å². The second-order valence-corrected chi connectivity index (χ2v) is 10.5. The van der Waals surface area contributed by atoms with E-state index >= 15 is 0 Å². The van der Waals surface area contributed by atoms with Gasteiger partial charge in [0.2, 0.25) is 0 Å². The zero-order valence-corrected chi connectivity index (χ0v) is 19.0. The molecule has 176 valence electrons. The Morgan fingerprint density at radius 1 is 1.31 bits per heavy atom. The molecule has 0 aromatic carbocycles. The number of fused-ring (bicyclic) bond motifs is 1. The maximum Gasteiger partial charge on any atom is 0.336 e. The van der Waals surface area contributed by atoms with E-state index in [9.17, 15) is 24.9 Å². The van der Waals surface area contributed by atoms with Crippen molar-refractivity contribution in [3.05, 3.63) is 22.8 Å². The van der Waals surface area contributed by atoms with Crippen LogP contribution in [0.5, 0.6) is 0 Å². The predicted molar refractivity (Wildman–Crippen MR) is 111 cm³/mol. The number of carbonyl (C=O) groups is 2. The van der Waals surface area contributed by atoms with Crippen LogP contribution in [-0.4, -0.2) is 70.0 Å². The Labute approximate surface area is 187 Å². The molecule has 8 atom stereocenters. The molecule has 3 bridgehead atoms. The molecule has 5 rings (SSSR count). The highest BCUT2D eigenvalue weighted by Gasteiger charge is 2.82. The van der Waals surface area contributed by atoms with Crippen molar-refractivity contribution < 1.29 is 39.1 Å². The molecule has 0 unspecified atom stereocenters. The summed E-state index contributed by atoms with van der Waals surface area (Å²) in [5.74, 6) is -1.28. The Kier molecular flexibility index (Phi) is 4.59. The number of rotatable bonds is 4. The van der Waals surface area contributed by atoms with Crippen molar-refractivity contribution in [3.63, 3.8) is 0 Å². The maximum absolute atomic E-state index is 13.5. The Hall–Kier alpha value is -1.74. The van der Waals surface area contributed by atoms with Crippen molar-refractivity contribution in [2.75, 3.05) is 13.2 Å². The predicted octanol–water partition coefficient (Wildman–Crippen LogP) is 1.17. The van der Waals surface area contributed by atoms with E-state index in [0.717, 1.165) is 5.57 Å². The number of hydrogen-bond acceptors (Lipinski definition) is 8. The van der Waals surface area contributed by atoms with Crippen LogP contribution in [0, 0.1) is 16.7 Å². The molecule has 0 aromatic heterocycles. The first kappa shape index (κ1) is 22.1. The molecule has 3 N–H and O–H groups in total. The number of carbonyl (C=O) groups excluding carboxylic acids is 2. The van der Waals surface area contributed by atoms with Crippen molar-refractivity contribution in [1.82, 2.24) is 0 Å². The fraction of sp³-hybridized carbons (Fsp3) is 0.750. The van der Waals surface area contributed by atoms with Crippen molar-refractivity contribution in [3.8, 4) is 0 Å². The van der Waals surface area contributed by atoms with E-state index in [2.05, 4.69) is 0 Å². The van der Waals surface area contributed by atoms with Crippen LogP contribution in [0.25, 0.3) is 0 Å². The molecule has 0 aromatic rings. The van der Waals surface area contributed by atoms with Gasteiger partial charge in [0.1, 0.15) is 28.8 Å². The highest BCUT2D eigenvalue weighted by molar-refractivity contribution is 5.89. The number of aliphatic hydroxyl groups excluding tert-OH is 2. The van der Waals surface area contributed by atoms with Crippen LogP contribution in [0.2, 0.25) is 0 Å². The van der Waals surface area contributed by atoms with Crippen LogP contribution in [-0.2, 0) is 23.8 Å². The standard InChI is InChI=1S/C24H32O8/c1-5-14(9-25)19(27)31-18-17-13(3)15-8-22(11-26)20(28)30-16-7-6-12(2)21(18,4)23(16,29)10-24(17,22)32-15/h5,12,15-16,18,25-26,29H,6-11H2,1-4H3/b14-5-/t12-,15+,16-,18+,21-,22+,23+,24+/m0/s1. The lowest BCUT2D eigenvalue weighted by molar-refractivity contribution is -0.263. The number of hydrogen-bond donors (Lipinski definition) is 3. The summed E-state index contributed by atoms with van der Waals surface area (Å²) >= 11 is 0. The smallest absolute Gasteiger partial charge is 0.336 e. The molecule has 0 amide bonds. The average molecular weight is 449 g/mol. The summed E-state index contributed by atoms with van der Waals surface area (Å²) in [4.78, 5) is 26.5. The molecule has 32 heavy (non-hydrogen) atoms. The van der Waals surface area contributed by atoms with Gasteiger partial charge in [0.25, 0.3) is 0 Å². The van der Waals surface area contributed by atoms with Gasteiger partial charge in [-0.1, -0.05) is 19.9 Å². The lowest BCUT2D eigenvalue weighted by Crippen LogP contribution is -2.73. The van der Waals surface area contributed by atoms with Gasteiger partial charge in [0.15, 0.2) is 0 Å². The van der Waals surface area contributed by atoms with E-state index in [4.69, 9.17) is 14.2 Å². The lowest BCUT2D eigenvalue weighted by atomic mass is 9.44. The van der Waals surface area contributed by atoms with E-state index in [-0.39, 0.29) is 24.3 Å². The Bertz CT molecular complexity index is 954. The van der Waals surface area contributed by atoms with Gasteiger partial charge in [-0.3, -0.25) is 4.79 Å². The molecule has 2 saturated carbocycles. The van der Waals surface area contributed by atoms with E-state index in [1.807, 2.05) is 20.8 Å². The fourth-order valence-electron chi connectivity index (χ4n) is 7.38. The van der Waals surface area contributed by atoms with E-state index in [1.54, 1.807) is 6.92 Å². The molecule has 2 aliphatic carbocycles. The molecule has 3 heterocycles. The first-order valence-electron chi connectivity index (χ1n) is 11.5. The quantitative estimate of drug-likeness (QED) is 0.333. The van der Waals surface area contributed by atoms with E-state index < -0.39 is 65.5 Å². The van der Waals surface area contributed by atoms with Crippen molar-refractivity contribution in [2.24, 2.45) is 16.7 Å². The zero-order chi connectivity index (χ0) is 23.3. The zero-order valence-electron chi connectivity index (χ0n) is 19.0. The minimum Gasteiger partial charge on any atom is -0.459 e. The molecule has 2 saturated heterocycles. The topological polar surface area (TPSA) is 123 Å². The molecule has 4 fully saturated rings. The average Bonchev–Trinajstić information content (AvgIpc) is 3.19. The van der Waals surface area contributed by atoms with Gasteiger partial charge in [-0.25, -0.2) is 4.79 Å². The van der Waals surface area contributed by atoms with Crippen LogP contribution < -0.4 is 0 Å². The summed E-state index contributed by atoms with van der Waals surface area (Å²) in [5.41, 5.74) is -3.45. The van der Waals surface area contributed by atoms with Crippen LogP contribution in [0.4, 0.5) is 0 Å². The highest BCUT2D eigenvalue weighted by atomic mass is 16.6. The molecular formula is C24H32O8. The van der Waals surface area contributed by atoms with Gasteiger partial charge in [-0.15, -0.1) is 0 Å². The maximum atomic E-state index is 13.5. The van der Waals surface area contributed by atoms with Gasteiger partial charge in [0.05, 0.1) is 24.9 Å². The third-order valence-corrected chi connectivity index (χ3v) is 9.59. The normalized spacial score (nSPS) is 49.1. The van der Waals surface area contributed by atoms with Gasteiger partial charge >= 0.3 is 11.9 Å². The summed E-state index contributed by atoms with van der Waals surface area (Å²) in [7, 11) is 0. The SMILES string of the molecule is C/C=C(/CO)C(=O)O[C@@H]1C2=C(C)[C@H]3C[C@@]4(CO)C(=O)O[C@H]5CC[C@H](C)[C@]1(C)[C@@]5(O)C[C@@]24O3. The summed E-state index contributed by atoms with van der Waals surface area (Å²) in [5, 5.41) is 32.4. The highest BCUT2D eigenvalue weighted by Crippen LogP contribution is 2.72. The Morgan fingerprint density at radius 2 is 2.03 bits per heavy atom. The van der Waals surface area contributed by atoms with Crippen molar-refractivity contribution >= 4 is 11.9 Å². The van der Waals surface area contributed by atoms with Crippen LogP contribution in [0.1, 0.15) is 53.4 Å². The van der Waals surface area contributed by atoms with Gasteiger partial charge in [0, 0.05) is 17.4 Å². The second kappa shape index (κ2) is 6.65. The molecule has 8 nitrogen and oxygen atoms in total. The molecule has 8 heteroatoms. The third-order valence-electron chi connectivity index (χ3n) is 9.59. The molecule has 3 aliphatic heterocycles. The van der Waals surface area contributed by atoms with Crippen LogP contribution >= 0.6 is 0 Å². The number of esters is 2. The molecule has 1 spiro atoms. The minimum atomic E-state index is -1.51. The summed E-state index contributed by atoms with van der Waals surface area (Å²) < 4.78 is 18.5. The molecule has 5 aliphatic rings. The van der Waals surface area contributed by atoms with Crippen LogP contribution in [0.3, 0.4) is 0 Å². The Morgan fingerprint density at radius 3 is 2.66 bits per heavy atom. The first-order chi connectivity index (χ1) is 15.1. The second-order valence-electron chi connectivity index (χ2n) is 10.5.